The Bertz CT molecular complexity index is 975. The Morgan fingerprint density at radius 2 is 2.07 bits per heavy atom. The van der Waals surface area contributed by atoms with Crippen LogP contribution in [0, 0.1) is 0 Å². The maximum absolute atomic E-state index is 12.0. The molecule has 152 valence electrons. The second-order valence-electron chi connectivity index (χ2n) is 5.92. The molecule has 1 aromatic carbocycles. The normalized spacial score (nSPS) is 11.8. The summed E-state index contributed by atoms with van der Waals surface area (Å²) < 4.78 is 13.0. The van der Waals surface area contributed by atoms with Gasteiger partial charge in [0.25, 0.3) is 0 Å². The van der Waals surface area contributed by atoms with Crippen LogP contribution in [-0.4, -0.2) is 32.0 Å². The van der Waals surface area contributed by atoms with E-state index < -0.39 is 17.2 Å². The Balaban J connectivity index is 1.77. The maximum atomic E-state index is 12.0. The van der Waals surface area contributed by atoms with Gasteiger partial charge in [-0.1, -0.05) is 23.4 Å². The number of carbonyl (C=O) groups excluding carboxylic acids is 2. The number of nitrogens with zero attached hydrogens (tertiary/aromatic N) is 3. The molecule has 9 nitrogen and oxygen atoms in total. The zero-order chi connectivity index (χ0) is 20.8. The molecular weight excluding hydrogens is 418 g/mol. The molecule has 0 aliphatic heterocycles. The minimum atomic E-state index is -0.906. The van der Waals surface area contributed by atoms with Gasteiger partial charge >= 0.3 is 6.03 Å². The minimum Gasteiger partial charge on any atom is -0.486 e. The molecule has 0 aliphatic carbocycles. The third kappa shape index (κ3) is 5.75. The van der Waals surface area contributed by atoms with Crippen molar-refractivity contribution in [2.45, 2.75) is 30.5 Å². The summed E-state index contributed by atoms with van der Waals surface area (Å²) in [4.78, 5) is 22.9. The van der Waals surface area contributed by atoms with Crippen LogP contribution >= 0.6 is 23.4 Å². The summed E-state index contributed by atoms with van der Waals surface area (Å²) in [6.45, 7) is 2.14. The average molecular weight is 436 g/mol. The van der Waals surface area contributed by atoms with Gasteiger partial charge in [-0.15, -0.1) is 10.2 Å². The van der Waals surface area contributed by atoms with E-state index in [0.717, 1.165) is 11.8 Å². The maximum Gasteiger partial charge on any atom is 0.318 e. The van der Waals surface area contributed by atoms with Gasteiger partial charge in [-0.3, -0.25) is 14.7 Å². The first-order valence-corrected chi connectivity index (χ1v) is 9.78. The van der Waals surface area contributed by atoms with Crippen LogP contribution in [0.1, 0.15) is 18.5 Å². The second kappa shape index (κ2) is 9.48. The van der Waals surface area contributed by atoms with Crippen molar-refractivity contribution in [1.29, 1.82) is 0 Å². The van der Waals surface area contributed by atoms with E-state index in [9.17, 15) is 9.59 Å². The lowest BCUT2D eigenvalue weighted by Gasteiger charge is -2.12. The highest BCUT2D eigenvalue weighted by Crippen LogP contribution is 2.24. The molecule has 2 aromatic heterocycles. The van der Waals surface area contributed by atoms with E-state index >= 15 is 0 Å². The second-order valence-corrected chi connectivity index (χ2v) is 7.66. The van der Waals surface area contributed by atoms with E-state index in [2.05, 4.69) is 15.5 Å². The minimum absolute atomic E-state index is 0.151. The molecule has 0 saturated heterocycles. The highest BCUT2D eigenvalue weighted by atomic mass is 35.5. The summed E-state index contributed by atoms with van der Waals surface area (Å²) in [6, 6.07) is 9.65. The first kappa shape index (κ1) is 20.7. The quantitative estimate of drug-likeness (QED) is 0.521. The van der Waals surface area contributed by atoms with Gasteiger partial charge in [0.05, 0.1) is 18.1 Å². The standard InChI is InChI=1S/C18H18ClN5O4S/c1-11(16(25)21-17(20)26)29-18-23-22-15(24(18)9-14-3-2-8-27-14)10-28-13-6-4-12(19)5-7-13/h2-8,11H,9-10H2,1H3,(H3,20,21,25,26). The molecule has 1 unspecified atom stereocenters. The van der Waals surface area contributed by atoms with Crippen molar-refractivity contribution in [2.24, 2.45) is 5.73 Å². The van der Waals surface area contributed by atoms with E-state index in [1.54, 1.807) is 48.1 Å². The topological polar surface area (TPSA) is 125 Å². The number of furan rings is 1. The third-order valence-corrected chi connectivity index (χ3v) is 5.10. The largest absolute Gasteiger partial charge is 0.486 e. The lowest BCUT2D eigenvalue weighted by Crippen LogP contribution is -2.39. The number of primary amides is 1. The molecule has 3 rings (SSSR count). The number of nitrogens with one attached hydrogen (secondary N) is 1. The molecule has 1 atom stereocenters. The number of nitrogens with two attached hydrogens (primary N) is 1. The van der Waals surface area contributed by atoms with Crippen molar-refractivity contribution in [3.05, 3.63) is 59.3 Å². The van der Waals surface area contributed by atoms with Crippen molar-refractivity contribution >= 4 is 35.3 Å². The number of urea groups is 1. The van der Waals surface area contributed by atoms with Gasteiger partial charge in [0.15, 0.2) is 11.0 Å². The van der Waals surface area contributed by atoms with Crippen LogP contribution in [0.25, 0.3) is 0 Å². The van der Waals surface area contributed by atoms with Crippen LogP contribution < -0.4 is 15.8 Å². The molecule has 0 fully saturated rings. The highest BCUT2D eigenvalue weighted by molar-refractivity contribution is 8.00. The van der Waals surface area contributed by atoms with Crippen molar-refractivity contribution in [3.8, 4) is 5.75 Å². The van der Waals surface area contributed by atoms with Gasteiger partial charge in [0.2, 0.25) is 5.91 Å². The van der Waals surface area contributed by atoms with Crippen molar-refractivity contribution in [1.82, 2.24) is 20.1 Å². The highest BCUT2D eigenvalue weighted by Gasteiger charge is 2.22. The average Bonchev–Trinajstić information content (AvgIpc) is 3.32. The first-order valence-electron chi connectivity index (χ1n) is 8.52. The molecule has 0 aliphatic rings. The van der Waals surface area contributed by atoms with Crippen LogP contribution in [0.2, 0.25) is 5.02 Å². The van der Waals surface area contributed by atoms with E-state index in [0.29, 0.717) is 34.1 Å². The number of thioether (sulfide) groups is 1. The Kier molecular flexibility index (Phi) is 6.78. The number of imide groups is 1. The zero-order valence-corrected chi connectivity index (χ0v) is 16.9. The van der Waals surface area contributed by atoms with Crippen LogP contribution in [-0.2, 0) is 17.9 Å². The zero-order valence-electron chi connectivity index (χ0n) is 15.4. The van der Waals surface area contributed by atoms with Crippen LogP contribution in [0.5, 0.6) is 5.75 Å². The number of carbonyl (C=O) groups is 2. The number of hydrogen-bond acceptors (Lipinski definition) is 7. The Morgan fingerprint density at radius 1 is 1.31 bits per heavy atom. The fraction of sp³-hybridized carbons (Fsp3) is 0.222. The SMILES string of the molecule is CC(Sc1nnc(COc2ccc(Cl)cc2)n1Cc1ccco1)C(=O)NC(N)=O. The number of benzene rings is 1. The van der Waals surface area contributed by atoms with Gasteiger partial charge in [0, 0.05) is 5.02 Å². The number of rotatable bonds is 8. The molecule has 0 bridgehead atoms. The predicted octanol–water partition coefficient (Wildman–Crippen LogP) is 2.83. The van der Waals surface area contributed by atoms with E-state index in [-0.39, 0.29) is 6.61 Å². The van der Waals surface area contributed by atoms with Gasteiger partial charge in [-0.25, -0.2) is 4.79 Å². The predicted molar refractivity (Wildman–Crippen MR) is 107 cm³/mol. The molecule has 0 radical (unpaired) electrons. The third-order valence-electron chi connectivity index (χ3n) is 3.77. The summed E-state index contributed by atoms with van der Waals surface area (Å²) in [5.41, 5.74) is 5.00. The van der Waals surface area contributed by atoms with Crippen LogP contribution in [0.15, 0.2) is 52.2 Å². The molecule has 29 heavy (non-hydrogen) atoms. The number of ether oxygens (including phenoxy) is 1. The molecule has 0 spiro atoms. The number of amides is 3. The number of halogens is 1. The summed E-state index contributed by atoms with van der Waals surface area (Å²) in [6.07, 6.45) is 1.57. The lowest BCUT2D eigenvalue weighted by atomic mass is 10.3. The van der Waals surface area contributed by atoms with E-state index in [1.165, 1.54) is 0 Å². The van der Waals surface area contributed by atoms with E-state index in [4.69, 9.17) is 26.5 Å². The molecule has 2 heterocycles. The van der Waals surface area contributed by atoms with Crippen LogP contribution in [0.3, 0.4) is 0 Å². The molecule has 11 heteroatoms. The summed E-state index contributed by atoms with van der Waals surface area (Å²) in [5.74, 6) is 1.34. The fourth-order valence-electron chi connectivity index (χ4n) is 2.34. The first-order chi connectivity index (χ1) is 13.9. The van der Waals surface area contributed by atoms with Gasteiger partial charge < -0.3 is 14.9 Å². The van der Waals surface area contributed by atoms with Gasteiger partial charge in [-0.05, 0) is 43.3 Å². The molecule has 0 saturated carbocycles. The van der Waals surface area contributed by atoms with Crippen LogP contribution in [0.4, 0.5) is 4.79 Å². The molecular formula is C18H18ClN5O4S. The molecule has 3 aromatic rings. The van der Waals surface area contributed by atoms with Crippen molar-refractivity contribution < 1.29 is 18.7 Å². The Morgan fingerprint density at radius 3 is 2.72 bits per heavy atom. The lowest BCUT2D eigenvalue weighted by molar-refractivity contribution is -0.119. The fourth-order valence-corrected chi connectivity index (χ4v) is 3.34. The number of aromatic nitrogens is 3. The smallest absolute Gasteiger partial charge is 0.318 e. The van der Waals surface area contributed by atoms with E-state index in [1.807, 2.05) is 6.07 Å². The summed E-state index contributed by atoms with van der Waals surface area (Å²) in [5, 5.41) is 10.9. The molecule has 3 amide bonds. The van der Waals surface area contributed by atoms with Gasteiger partial charge in [0.1, 0.15) is 18.1 Å². The van der Waals surface area contributed by atoms with Crippen molar-refractivity contribution in [2.75, 3.05) is 0 Å². The summed E-state index contributed by atoms with van der Waals surface area (Å²) >= 11 is 7.03. The summed E-state index contributed by atoms with van der Waals surface area (Å²) in [7, 11) is 0. The Labute approximate surface area is 175 Å². The van der Waals surface area contributed by atoms with Gasteiger partial charge in [-0.2, -0.15) is 0 Å². The Hall–Kier alpha value is -2.98. The van der Waals surface area contributed by atoms with Crippen molar-refractivity contribution in [3.63, 3.8) is 0 Å². The monoisotopic (exact) mass is 435 g/mol. The number of hydrogen-bond donors (Lipinski definition) is 2. The molecule has 3 N–H and O–H groups in total.